The molecule has 0 saturated carbocycles. The van der Waals surface area contributed by atoms with Gasteiger partial charge in [-0.3, -0.25) is 9.10 Å². The van der Waals surface area contributed by atoms with E-state index in [4.69, 9.17) is 4.42 Å². The number of amides is 1. The summed E-state index contributed by atoms with van der Waals surface area (Å²) in [6.07, 6.45) is 2.18. The van der Waals surface area contributed by atoms with Gasteiger partial charge in [-0.25, -0.2) is 13.4 Å². The van der Waals surface area contributed by atoms with Crippen molar-refractivity contribution < 1.29 is 17.6 Å². The summed E-state index contributed by atoms with van der Waals surface area (Å²) in [6, 6.07) is 10.3. The number of benzene rings is 1. The van der Waals surface area contributed by atoms with Crippen molar-refractivity contribution in [1.29, 1.82) is 0 Å². The number of aromatic nitrogens is 1. The predicted molar refractivity (Wildman–Crippen MR) is 100.0 cm³/mol. The van der Waals surface area contributed by atoms with Crippen LogP contribution in [-0.4, -0.2) is 31.6 Å². The fourth-order valence-electron chi connectivity index (χ4n) is 2.73. The van der Waals surface area contributed by atoms with E-state index in [1.165, 1.54) is 15.6 Å². The van der Waals surface area contributed by atoms with Gasteiger partial charge in [0.25, 0.3) is 5.91 Å². The number of nitrogens with one attached hydrogen (secondary N) is 1. The molecule has 1 aliphatic rings. The number of carbonyl (C=O) groups is 1. The summed E-state index contributed by atoms with van der Waals surface area (Å²) >= 11 is 1.33. The number of thiazole rings is 1. The molecular weight excluding hydrogens is 374 g/mol. The minimum atomic E-state index is -3.21. The molecule has 134 valence electrons. The molecule has 9 heteroatoms. The minimum absolute atomic E-state index is 0.174. The summed E-state index contributed by atoms with van der Waals surface area (Å²) in [7, 11) is -3.21. The second kappa shape index (κ2) is 6.58. The molecule has 1 saturated heterocycles. The van der Waals surface area contributed by atoms with Gasteiger partial charge < -0.3 is 9.73 Å². The number of furan rings is 1. The number of hydrogen-bond donors (Lipinski definition) is 1. The van der Waals surface area contributed by atoms with Gasteiger partial charge in [-0.1, -0.05) is 0 Å². The first-order valence-electron chi connectivity index (χ1n) is 7.94. The molecule has 0 spiro atoms. The van der Waals surface area contributed by atoms with Crippen LogP contribution in [-0.2, 0) is 10.0 Å². The van der Waals surface area contributed by atoms with Crippen LogP contribution in [0, 0.1) is 0 Å². The monoisotopic (exact) mass is 389 g/mol. The van der Waals surface area contributed by atoms with Gasteiger partial charge in [0, 0.05) is 17.6 Å². The van der Waals surface area contributed by atoms with Crippen molar-refractivity contribution in [3.63, 3.8) is 0 Å². The lowest BCUT2D eigenvalue weighted by molar-refractivity contribution is 0.102. The Kier molecular flexibility index (Phi) is 4.25. The summed E-state index contributed by atoms with van der Waals surface area (Å²) in [4.78, 5) is 16.6. The van der Waals surface area contributed by atoms with Crippen LogP contribution < -0.4 is 9.62 Å². The van der Waals surface area contributed by atoms with Crippen molar-refractivity contribution in [3.05, 3.63) is 53.7 Å². The minimum Gasteiger partial charge on any atom is -0.462 e. The first-order valence-corrected chi connectivity index (χ1v) is 10.4. The van der Waals surface area contributed by atoms with E-state index in [1.54, 1.807) is 48.0 Å². The van der Waals surface area contributed by atoms with Crippen molar-refractivity contribution in [3.8, 4) is 10.8 Å². The standard InChI is InChI=1S/C17H15N3O4S2/c21-16(14-11-25-17(19-14)15-3-1-9-24-15)18-12-4-6-13(7-5-12)20-8-2-10-26(20,22)23/h1,3-7,9,11H,2,8,10H2,(H,18,21). The molecule has 1 fully saturated rings. The summed E-state index contributed by atoms with van der Waals surface area (Å²) in [6.45, 7) is 0.489. The number of anilines is 2. The maximum absolute atomic E-state index is 12.3. The summed E-state index contributed by atoms with van der Waals surface area (Å²) in [5.41, 5.74) is 1.48. The van der Waals surface area contributed by atoms with Crippen LogP contribution in [0.25, 0.3) is 10.8 Å². The van der Waals surface area contributed by atoms with E-state index in [2.05, 4.69) is 10.3 Å². The summed E-state index contributed by atoms with van der Waals surface area (Å²) < 4.78 is 30.6. The first-order chi connectivity index (χ1) is 12.5. The number of rotatable bonds is 4. The zero-order valence-electron chi connectivity index (χ0n) is 13.6. The van der Waals surface area contributed by atoms with Gasteiger partial charge in [-0.15, -0.1) is 11.3 Å². The lowest BCUT2D eigenvalue weighted by Gasteiger charge is -2.17. The Morgan fingerprint density at radius 3 is 2.69 bits per heavy atom. The van der Waals surface area contributed by atoms with Crippen molar-refractivity contribution in [2.24, 2.45) is 0 Å². The SMILES string of the molecule is O=C(Nc1ccc(N2CCCS2(=O)=O)cc1)c1csc(-c2ccco2)n1. The Hall–Kier alpha value is -2.65. The normalized spacial score (nSPS) is 15.9. The molecule has 0 bridgehead atoms. The van der Waals surface area contributed by atoms with E-state index in [0.717, 1.165) is 0 Å². The smallest absolute Gasteiger partial charge is 0.275 e. The molecule has 0 atom stereocenters. The molecule has 4 rings (SSSR count). The van der Waals surface area contributed by atoms with E-state index in [-0.39, 0.29) is 11.7 Å². The maximum Gasteiger partial charge on any atom is 0.275 e. The molecule has 3 heterocycles. The number of carbonyl (C=O) groups excluding carboxylic acids is 1. The molecule has 0 aliphatic carbocycles. The van der Waals surface area contributed by atoms with E-state index >= 15 is 0 Å². The van der Waals surface area contributed by atoms with Crippen LogP contribution in [0.1, 0.15) is 16.9 Å². The van der Waals surface area contributed by atoms with Gasteiger partial charge >= 0.3 is 0 Å². The lowest BCUT2D eigenvalue weighted by atomic mass is 10.2. The largest absolute Gasteiger partial charge is 0.462 e. The Labute approximate surface area is 154 Å². The van der Waals surface area contributed by atoms with E-state index in [1.807, 2.05) is 0 Å². The lowest BCUT2D eigenvalue weighted by Crippen LogP contribution is -2.25. The Balaban J connectivity index is 1.47. The molecule has 1 N–H and O–H groups in total. The van der Waals surface area contributed by atoms with Gasteiger partial charge in [-0.05, 0) is 42.8 Å². The summed E-state index contributed by atoms with van der Waals surface area (Å²) in [5, 5.41) is 5.06. The Morgan fingerprint density at radius 2 is 2.04 bits per heavy atom. The molecule has 7 nitrogen and oxygen atoms in total. The molecule has 1 aliphatic heterocycles. The first kappa shape index (κ1) is 16.8. The highest BCUT2D eigenvalue weighted by Crippen LogP contribution is 2.26. The van der Waals surface area contributed by atoms with Crippen LogP contribution in [0.15, 0.2) is 52.5 Å². The fourth-order valence-corrected chi connectivity index (χ4v) is 5.06. The Morgan fingerprint density at radius 1 is 1.23 bits per heavy atom. The van der Waals surface area contributed by atoms with Crippen molar-refractivity contribution in [1.82, 2.24) is 4.98 Å². The Bertz CT molecular complexity index is 1020. The predicted octanol–water partition coefficient (Wildman–Crippen LogP) is 3.20. The average molecular weight is 389 g/mol. The van der Waals surface area contributed by atoms with Gasteiger partial charge in [0.15, 0.2) is 10.8 Å². The third kappa shape index (κ3) is 3.23. The van der Waals surface area contributed by atoms with Gasteiger partial charge in [0.1, 0.15) is 5.69 Å². The topological polar surface area (TPSA) is 92.5 Å². The maximum atomic E-state index is 12.3. The number of nitrogens with zero attached hydrogens (tertiary/aromatic N) is 2. The quantitative estimate of drug-likeness (QED) is 0.740. The van der Waals surface area contributed by atoms with Crippen LogP contribution in [0.3, 0.4) is 0 Å². The molecule has 26 heavy (non-hydrogen) atoms. The molecule has 0 radical (unpaired) electrons. The van der Waals surface area contributed by atoms with Gasteiger partial charge in [0.2, 0.25) is 10.0 Å². The van der Waals surface area contributed by atoms with Crippen LogP contribution in [0.4, 0.5) is 11.4 Å². The summed E-state index contributed by atoms with van der Waals surface area (Å²) in [5.74, 6) is 0.457. The van der Waals surface area contributed by atoms with E-state index in [0.29, 0.717) is 40.8 Å². The average Bonchev–Trinajstić information content (AvgIpc) is 3.35. The molecule has 3 aromatic rings. The molecular formula is C17H15N3O4S2. The highest BCUT2D eigenvalue weighted by atomic mass is 32.2. The highest BCUT2D eigenvalue weighted by molar-refractivity contribution is 7.93. The second-order valence-corrected chi connectivity index (χ2v) is 8.63. The second-order valence-electron chi connectivity index (χ2n) is 5.76. The molecule has 1 amide bonds. The molecule has 2 aromatic heterocycles. The van der Waals surface area contributed by atoms with E-state index < -0.39 is 10.0 Å². The van der Waals surface area contributed by atoms with Crippen LogP contribution in [0.2, 0.25) is 0 Å². The van der Waals surface area contributed by atoms with Gasteiger partial charge in [0.05, 0.1) is 17.7 Å². The van der Waals surface area contributed by atoms with Crippen LogP contribution >= 0.6 is 11.3 Å². The van der Waals surface area contributed by atoms with Crippen molar-refractivity contribution >= 4 is 38.6 Å². The van der Waals surface area contributed by atoms with Crippen LogP contribution in [0.5, 0.6) is 0 Å². The molecule has 1 aromatic carbocycles. The zero-order chi connectivity index (χ0) is 18.1. The fraction of sp³-hybridized carbons (Fsp3) is 0.176. The van der Waals surface area contributed by atoms with E-state index in [9.17, 15) is 13.2 Å². The zero-order valence-corrected chi connectivity index (χ0v) is 15.2. The third-order valence-corrected chi connectivity index (χ3v) is 6.71. The number of hydrogen-bond acceptors (Lipinski definition) is 6. The third-order valence-electron chi connectivity index (χ3n) is 3.98. The highest BCUT2D eigenvalue weighted by Gasteiger charge is 2.28. The molecule has 0 unspecified atom stereocenters. The van der Waals surface area contributed by atoms with Gasteiger partial charge in [-0.2, -0.15) is 0 Å². The van der Waals surface area contributed by atoms with Crippen molar-refractivity contribution in [2.75, 3.05) is 21.9 Å². The number of sulfonamides is 1. The van der Waals surface area contributed by atoms with Crippen molar-refractivity contribution in [2.45, 2.75) is 6.42 Å².